The lowest BCUT2D eigenvalue weighted by Crippen LogP contribution is -2.35. The molecule has 0 spiro atoms. The van der Waals surface area contributed by atoms with Gasteiger partial charge in [0.05, 0.1) is 6.61 Å². The van der Waals surface area contributed by atoms with E-state index in [0.717, 1.165) is 25.3 Å². The summed E-state index contributed by atoms with van der Waals surface area (Å²) in [5.41, 5.74) is 0. The molecule has 0 N–H and O–H groups in total. The van der Waals surface area contributed by atoms with E-state index in [-0.39, 0.29) is 12.0 Å². The lowest BCUT2D eigenvalue weighted by atomic mass is 9.75. The average molecular weight is 342 g/mol. The van der Waals surface area contributed by atoms with Crippen molar-refractivity contribution in [2.45, 2.75) is 46.3 Å². The molecule has 5 heteroatoms. The molecule has 1 fully saturated rings. The summed E-state index contributed by atoms with van der Waals surface area (Å²) >= 11 is 0. The third kappa shape index (κ3) is 4.90. The fraction of sp³-hybridized carbons (Fsp3) is 0.684. The van der Waals surface area contributed by atoms with E-state index in [1.807, 2.05) is 13.8 Å². The van der Waals surface area contributed by atoms with Gasteiger partial charge >= 0.3 is 0 Å². The molecule has 0 bridgehead atoms. The highest BCUT2D eigenvalue weighted by Gasteiger charge is 2.33. The van der Waals surface area contributed by atoms with E-state index in [2.05, 4.69) is 6.92 Å². The number of rotatable bonds is 8. The Morgan fingerprint density at radius 1 is 1.12 bits per heavy atom. The first-order chi connectivity index (χ1) is 11.6. The molecule has 1 aromatic rings. The molecular weight excluding hydrogens is 314 g/mol. The monoisotopic (exact) mass is 342 g/mol. The molecule has 2 rings (SSSR count). The van der Waals surface area contributed by atoms with Crippen molar-refractivity contribution in [2.24, 2.45) is 17.8 Å². The Hall–Kier alpha value is -1.20. The number of ether oxygens (including phenoxy) is 3. The molecule has 0 aliphatic heterocycles. The van der Waals surface area contributed by atoms with Crippen LogP contribution in [0, 0.1) is 29.4 Å². The first-order valence-electron chi connectivity index (χ1n) is 8.86. The molecule has 1 aliphatic carbocycles. The van der Waals surface area contributed by atoms with Gasteiger partial charge in [0.1, 0.15) is 0 Å². The van der Waals surface area contributed by atoms with Crippen molar-refractivity contribution in [1.82, 2.24) is 0 Å². The van der Waals surface area contributed by atoms with E-state index in [4.69, 9.17) is 14.2 Å². The maximum Gasteiger partial charge on any atom is 0.200 e. The lowest BCUT2D eigenvalue weighted by molar-refractivity contribution is -0.178. The normalized spacial score (nSPS) is 24.3. The van der Waals surface area contributed by atoms with Crippen LogP contribution in [0.5, 0.6) is 5.75 Å². The van der Waals surface area contributed by atoms with Crippen molar-refractivity contribution in [3.8, 4) is 5.75 Å². The summed E-state index contributed by atoms with van der Waals surface area (Å²) in [6.45, 7) is 7.81. The molecule has 0 aromatic heterocycles. The molecule has 24 heavy (non-hydrogen) atoms. The van der Waals surface area contributed by atoms with E-state index in [1.54, 1.807) is 0 Å². The van der Waals surface area contributed by atoms with Gasteiger partial charge in [-0.05, 0) is 57.1 Å². The van der Waals surface area contributed by atoms with E-state index in [0.29, 0.717) is 37.6 Å². The SMILES string of the molecule is CCOC(OCC)C1CCC(COc2cccc(F)c2F)C(C)C1. The number of halogens is 2. The van der Waals surface area contributed by atoms with Crippen LogP contribution in [0.15, 0.2) is 18.2 Å². The summed E-state index contributed by atoms with van der Waals surface area (Å²) in [5.74, 6) is -0.670. The van der Waals surface area contributed by atoms with Crippen LogP contribution in [0.3, 0.4) is 0 Å². The molecule has 0 radical (unpaired) electrons. The molecule has 0 saturated heterocycles. The zero-order valence-corrected chi connectivity index (χ0v) is 14.8. The smallest absolute Gasteiger partial charge is 0.200 e. The van der Waals surface area contributed by atoms with Crippen LogP contribution < -0.4 is 4.74 Å². The van der Waals surface area contributed by atoms with Crippen LogP contribution in [0.1, 0.15) is 40.0 Å². The molecule has 1 aliphatic rings. The van der Waals surface area contributed by atoms with Crippen LogP contribution in [-0.4, -0.2) is 26.1 Å². The average Bonchev–Trinajstić information content (AvgIpc) is 2.57. The van der Waals surface area contributed by atoms with E-state index < -0.39 is 11.6 Å². The third-order valence-corrected chi connectivity index (χ3v) is 4.80. The Kier molecular flexibility index (Phi) is 7.43. The van der Waals surface area contributed by atoms with Gasteiger partial charge in [-0.15, -0.1) is 0 Å². The third-order valence-electron chi connectivity index (χ3n) is 4.80. The Labute approximate surface area is 143 Å². The Balaban J connectivity index is 1.88. The van der Waals surface area contributed by atoms with E-state index in [1.165, 1.54) is 12.1 Å². The van der Waals surface area contributed by atoms with Gasteiger partial charge in [0.15, 0.2) is 17.9 Å². The summed E-state index contributed by atoms with van der Waals surface area (Å²) in [6.07, 6.45) is 2.81. The molecule has 3 nitrogen and oxygen atoms in total. The first kappa shape index (κ1) is 19.1. The number of hydrogen-bond acceptors (Lipinski definition) is 3. The van der Waals surface area contributed by atoms with Crippen molar-refractivity contribution >= 4 is 0 Å². The fourth-order valence-corrected chi connectivity index (χ4v) is 3.44. The van der Waals surface area contributed by atoms with Crippen molar-refractivity contribution in [1.29, 1.82) is 0 Å². The highest BCUT2D eigenvalue weighted by Crippen LogP contribution is 2.37. The largest absolute Gasteiger partial charge is 0.490 e. The second-order valence-electron chi connectivity index (χ2n) is 6.45. The summed E-state index contributed by atoms with van der Waals surface area (Å²) in [7, 11) is 0. The van der Waals surface area contributed by atoms with Crippen molar-refractivity contribution < 1.29 is 23.0 Å². The predicted octanol–water partition coefficient (Wildman–Crippen LogP) is 4.80. The minimum absolute atomic E-state index is 0.00849. The van der Waals surface area contributed by atoms with Gasteiger partial charge in [0, 0.05) is 19.1 Å². The van der Waals surface area contributed by atoms with Gasteiger partial charge in [-0.25, -0.2) is 4.39 Å². The lowest BCUT2D eigenvalue weighted by Gasteiger charge is -2.37. The topological polar surface area (TPSA) is 27.7 Å². The Bertz CT molecular complexity index is 503. The van der Waals surface area contributed by atoms with Crippen LogP contribution >= 0.6 is 0 Å². The van der Waals surface area contributed by atoms with E-state index in [9.17, 15) is 8.78 Å². The molecule has 136 valence electrons. The van der Waals surface area contributed by atoms with Crippen LogP contribution in [0.4, 0.5) is 8.78 Å². The van der Waals surface area contributed by atoms with Crippen LogP contribution in [0.25, 0.3) is 0 Å². The molecule has 3 unspecified atom stereocenters. The standard InChI is InChI=1S/C19H28F2O3/c1-4-22-19(23-5-2)14-9-10-15(13(3)11-14)12-24-17-8-6-7-16(20)18(17)21/h6-8,13-15,19H,4-5,9-12H2,1-3H3. The van der Waals surface area contributed by atoms with Gasteiger partial charge in [0.2, 0.25) is 5.82 Å². The molecule has 3 atom stereocenters. The minimum Gasteiger partial charge on any atom is -0.490 e. The fourth-order valence-electron chi connectivity index (χ4n) is 3.44. The summed E-state index contributed by atoms with van der Waals surface area (Å²) in [4.78, 5) is 0. The van der Waals surface area contributed by atoms with Crippen molar-refractivity contribution in [2.75, 3.05) is 19.8 Å². The summed E-state index contributed by atoms with van der Waals surface area (Å²) in [6, 6.07) is 4.02. The van der Waals surface area contributed by atoms with Crippen LogP contribution in [0.2, 0.25) is 0 Å². The molecule has 0 amide bonds. The maximum atomic E-state index is 13.7. The number of hydrogen-bond donors (Lipinski definition) is 0. The molecule has 1 aromatic carbocycles. The maximum absolute atomic E-state index is 13.7. The van der Waals surface area contributed by atoms with Gasteiger partial charge in [0.25, 0.3) is 0 Å². The highest BCUT2D eigenvalue weighted by molar-refractivity contribution is 5.25. The molecular formula is C19H28F2O3. The Morgan fingerprint density at radius 2 is 1.83 bits per heavy atom. The van der Waals surface area contributed by atoms with Gasteiger partial charge in [-0.1, -0.05) is 13.0 Å². The summed E-state index contributed by atoms with van der Waals surface area (Å²) in [5, 5.41) is 0. The first-order valence-corrected chi connectivity index (χ1v) is 8.86. The predicted molar refractivity (Wildman–Crippen MR) is 88.9 cm³/mol. The van der Waals surface area contributed by atoms with E-state index >= 15 is 0 Å². The second kappa shape index (κ2) is 9.33. The number of benzene rings is 1. The quantitative estimate of drug-likeness (QED) is 0.636. The van der Waals surface area contributed by atoms with Crippen molar-refractivity contribution in [3.05, 3.63) is 29.8 Å². The van der Waals surface area contributed by atoms with Crippen molar-refractivity contribution in [3.63, 3.8) is 0 Å². The van der Waals surface area contributed by atoms with Gasteiger partial charge in [-0.3, -0.25) is 0 Å². The van der Waals surface area contributed by atoms with Gasteiger partial charge in [-0.2, -0.15) is 4.39 Å². The zero-order chi connectivity index (χ0) is 17.5. The minimum atomic E-state index is -0.911. The second-order valence-corrected chi connectivity index (χ2v) is 6.45. The molecule has 0 heterocycles. The van der Waals surface area contributed by atoms with Gasteiger partial charge < -0.3 is 14.2 Å². The molecule has 1 saturated carbocycles. The Morgan fingerprint density at radius 3 is 2.46 bits per heavy atom. The highest BCUT2D eigenvalue weighted by atomic mass is 19.2. The van der Waals surface area contributed by atoms with Crippen LogP contribution in [-0.2, 0) is 9.47 Å². The zero-order valence-electron chi connectivity index (χ0n) is 14.8. The summed E-state index contributed by atoms with van der Waals surface area (Å²) < 4.78 is 43.9.